The van der Waals surface area contributed by atoms with Crippen molar-refractivity contribution in [1.29, 1.82) is 0 Å². The Kier molecular flexibility index (Phi) is 14.6. The molecule has 6 N–H and O–H groups in total. The fourth-order valence-corrected chi connectivity index (χ4v) is 3.27. The SMILES string of the molecule is O=C(CC(O)CNC(=NC(=O)OCc1ccc([N+](=O)[O-])cc1)NC(=O)OCc1ccc([N+](=O)[O-])cc1)NC1CNC1.O=C(O)C(F)(F)F. The van der Waals surface area contributed by atoms with Gasteiger partial charge in [-0.3, -0.25) is 30.3 Å². The maximum absolute atomic E-state index is 12.3. The maximum Gasteiger partial charge on any atom is 0.490 e. The van der Waals surface area contributed by atoms with Crippen LogP contribution in [0.25, 0.3) is 0 Å². The molecule has 0 aromatic heterocycles. The quantitative estimate of drug-likeness (QED) is 0.0845. The number of alkyl carbamates (subject to hydrolysis) is 1. The maximum atomic E-state index is 12.3. The Labute approximate surface area is 267 Å². The van der Waals surface area contributed by atoms with Gasteiger partial charge in [0.1, 0.15) is 13.2 Å². The number of alkyl halides is 3. The average molecular weight is 688 g/mol. The molecular weight excluding hydrogens is 659 g/mol. The number of halogens is 3. The molecule has 0 spiro atoms. The molecule has 1 fully saturated rings. The Morgan fingerprint density at radius 2 is 1.42 bits per heavy atom. The van der Waals surface area contributed by atoms with Crippen LogP contribution in [0.3, 0.4) is 0 Å². The van der Waals surface area contributed by atoms with E-state index in [0.717, 1.165) is 0 Å². The van der Waals surface area contributed by atoms with E-state index in [9.17, 15) is 52.9 Å². The smallest absolute Gasteiger partial charge is 0.475 e. The number of aliphatic carboxylic acids is 1. The summed E-state index contributed by atoms with van der Waals surface area (Å²) in [5.74, 6) is -3.59. The number of nitrogens with zero attached hydrogens (tertiary/aromatic N) is 3. The zero-order valence-corrected chi connectivity index (χ0v) is 24.5. The summed E-state index contributed by atoms with van der Waals surface area (Å²) < 4.78 is 41.8. The molecule has 0 radical (unpaired) electrons. The van der Waals surface area contributed by atoms with E-state index in [4.69, 9.17) is 19.4 Å². The number of carbonyl (C=O) groups excluding carboxylic acids is 3. The molecule has 1 saturated heterocycles. The van der Waals surface area contributed by atoms with Gasteiger partial charge in [0.05, 0.1) is 28.4 Å². The molecular formula is C26H28F3N7O12. The molecule has 1 unspecified atom stereocenters. The molecule has 0 saturated carbocycles. The fourth-order valence-electron chi connectivity index (χ4n) is 3.27. The number of aliphatic hydroxyl groups is 1. The minimum atomic E-state index is -5.08. The van der Waals surface area contributed by atoms with Crippen molar-refractivity contribution in [2.24, 2.45) is 4.99 Å². The molecule has 3 amide bonds. The zero-order chi connectivity index (χ0) is 35.9. The Morgan fingerprint density at radius 3 is 1.83 bits per heavy atom. The van der Waals surface area contributed by atoms with Gasteiger partial charge in [0, 0.05) is 43.9 Å². The number of ether oxygens (including phenoxy) is 2. The van der Waals surface area contributed by atoms with Crippen LogP contribution in [0.2, 0.25) is 0 Å². The standard InChI is InChI=1S/C24H27N7O10.C2HF3O2/c32-20(9-21(33)27-17-10-25-11-17)12-26-22(28-23(34)40-13-15-1-5-18(6-2-15)30(36)37)29-24(35)41-14-16-3-7-19(8-4-16)31(38)39;3-2(4,5)1(6)7/h1-8,17,20,25,32H,9-14H2,(H,27,33)(H2,26,28,29,34,35);(H,6,7). The predicted octanol–water partition coefficient (Wildman–Crippen LogP) is 1.48. The molecule has 0 bridgehead atoms. The molecule has 1 atom stereocenters. The van der Waals surface area contributed by atoms with E-state index in [1.54, 1.807) is 0 Å². The number of nitrogens with one attached hydrogen (secondary N) is 4. The lowest BCUT2D eigenvalue weighted by molar-refractivity contribution is -0.385. The largest absolute Gasteiger partial charge is 0.490 e. The lowest BCUT2D eigenvalue weighted by atomic mass is 10.1. The average Bonchev–Trinajstić information content (AvgIpc) is 3.00. The highest BCUT2D eigenvalue weighted by molar-refractivity contribution is 5.98. The van der Waals surface area contributed by atoms with Gasteiger partial charge in [-0.15, -0.1) is 4.99 Å². The van der Waals surface area contributed by atoms with Crippen molar-refractivity contribution in [2.75, 3.05) is 19.6 Å². The molecule has 1 heterocycles. The van der Waals surface area contributed by atoms with E-state index in [0.29, 0.717) is 24.2 Å². The second-order valence-corrected chi connectivity index (χ2v) is 9.53. The number of benzene rings is 2. The van der Waals surface area contributed by atoms with Crippen LogP contribution in [0.15, 0.2) is 53.5 Å². The molecule has 22 heteroatoms. The number of nitro groups is 2. The molecule has 3 rings (SSSR count). The monoisotopic (exact) mass is 687 g/mol. The molecule has 2 aromatic carbocycles. The second-order valence-electron chi connectivity index (χ2n) is 9.53. The number of hydrogen-bond acceptors (Lipinski definition) is 12. The number of guanidine groups is 1. The summed E-state index contributed by atoms with van der Waals surface area (Å²) in [5.41, 5.74) is 0.605. The highest BCUT2D eigenvalue weighted by Crippen LogP contribution is 2.14. The van der Waals surface area contributed by atoms with Gasteiger partial charge < -0.3 is 35.6 Å². The van der Waals surface area contributed by atoms with Crippen LogP contribution in [0.4, 0.5) is 34.1 Å². The fraction of sp³-hybridized carbons (Fsp3) is 0.346. The third-order valence-electron chi connectivity index (χ3n) is 5.77. The number of non-ortho nitro benzene ring substituents is 2. The van der Waals surface area contributed by atoms with Crippen molar-refractivity contribution in [1.82, 2.24) is 21.3 Å². The van der Waals surface area contributed by atoms with E-state index in [2.05, 4.69) is 26.3 Å². The highest BCUT2D eigenvalue weighted by atomic mass is 19.4. The predicted molar refractivity (Wildman–Crippen MR) is 154 cm³/mol. The Morgan fingerprint density at radius 1 is 0.938 bits per heavy atom. The van der Waals surface area contributed by atoms with Crippen LogP contribution in [0, 0.1) is 20.2 Å². The first-order valence-electron chi connectivity index (χ1n) is 13.4. The number of aliphatic imine (C=N–C) groups is 1. The molecule has 48 heavy (non-hydrogen) atoms. The van der Waals surface area contributed by atoms with Crippen LogP contribution >= 0.6 is 0 Å². The lowest BCUT2D eigenvalue weighted by Gasteiger charge is -2.28. The minimum absolute atomic E-state index is 0.0162. The minimum Gasteiger partial charge on any atom is -0.475 e. The molecule has 0 aliphatic carbocycles. The van der Waals surface area contributed by atoms with Crippen molar-refractivity contribution < 1.29 is 61.9 Å². The number of nitro benzene ring substituents is 2. The molecule has 19 nitrogen and oxygen atoms in total. The van der Waals surface area contributed by atoms with Gasteiger partial charge in [-0.2, -0.15) is 13.2 Å². The second kappa shape index (κ2) is 18.3. The number of carboxylic acid groups (broad SMARTS) is 1. The number of hydrogen-bond donors (Lipinski definition) is 6. The van der Waals surface area contributed by atoms with E-state index in [1.807, 2.05) is 0 Å². The first-order chi connectivity index (χ1) is 22.5. The topological polar surface area (TPSA) is 274 Å². The molecule has 260 valence electrons. The first-order valence-corrected chi connectivity index (χ1v) is 13.4. The Hall–Kier alpha value is -5.90. The van der Waals surface area contributed by atoms with E-state index in [-0.39, 0.29) is 49.5 Å². The summed E-state index contributed by atoms with van der Waals surface area (Å²) in [5, 5.41) is 49.4. The van der Waals surface area contributed by atoms with Crippen LogP contribution < -0.4 is 21.3 Å². The van der Waals surface area contributed by atoms with Crippen molar-refractivity contribution in [3.05, 3.63) is 79.9 Å². The summed E-state index contributed by atoms with van der Waals surface area (Å²) in [6, 6.07) is 10.5. The Balaban J connectivity index is 0.00000103. The van der Waals surface area contributed by atoms with Crippen molar-refractivity contribution in [2.45, 2.75) is 38.0 Å². The highest BCUT2D eigenvalue weighted by Gasteiger charge is 2.38. The summed E-state index contributed by atoms with van der Waals surface area (Å²) in [6.07, 6.45) is -8.75. The third kappa shape index (κ3) is 14.5. The molecule has 1 aliphatic rings. The third-order valence-corrected chi connectivity index (χ3v) is 5.77. The summed E-state index contributed by atoms with van der Waals surface area (Å²) in [7, 11) is 0. The van der Waals surface area contributed by atoms with Gasteiger partial charge in [0.25, 0.3) is 11.4 Å². The Bertz CT molecular complexity index is 1480. The van der Waals surface area contributed by atoms with Crippen LogP contribution in [-0.4, -0.2) is 88.0 Å². The van der Waals surface area contributed by atoms with E-state index < -0.39 is 46.2 Å². The van der Waals surface area contributed by atoms with Gasteiger partial charge in [0.15, 0.2) is 0 Å². The van der Waals surface area contributed by atoms with Gasteiger partial charge in [-0.05, 0) is 35.4 Å². The summed E-state index contributed by atoms with van der Waals surface area (Å²) in [4.78, 5) is 69.5. The zero-order valence-electron chi connectivity index (χ0n) is 24.5. The van der Waals surface area contributed by atoms with E-state index >= 15 is 0 Å². The van der Waals surface area contributed by atoms with Crippen molar-refractivity contribution >= 4 is 41.4 Å². The first kappa shape index (κ1) is 38.3. The number of amides is 3. The van der Waals surface area contributed by atoms with Crippen LogP contribution in [0.1, 0.15) is 17.5 Å². The van der Waals surface area contributed by atoms with Crippen molar-refractivity contribution in [3.8, 4) is 0 Å². The van der Waals surface area contributed by atoms with Crippen LogP contribution in [0.5, 0.6) is 0 Å². The van der Waals surface area contributed by atoms with Gasteiger partial charge in [-0.1, -0.05) is 0 Å². The molecule has 1 aliphatic heterocycles. The lowest BCUT2D eigenvalue weighted by Crippen LogP contribution is -2.57. The van der Waals surface area contributed by atoms with E-state index in [1.165, 1.54) is 48.5 Å². The number of aliphatic hydroxyl groups excluding tert-OH is 1. The number of rotatable bonds is 11. The normalized spacial score (nSPS) is 13.4. The number of carbonyl (C=O) groups is 4. The van der Waals surface area contributed by atoms with Gasteiger partial charge in [-0.25, -0.2) is 14.4 Å². The molecule has 2 aromatic rings. The van der Waals surface area contributed by atoms with Crippen molar-refractivity contribution in [3.63, 3.8) is 0 Å². The van der Waals surface area contributed by atoms with Gasteiger partial charge in [0.2, 0.25) is 11.9 Å². The number of carboxylic acids is 1. The van der Waals surface area contributed by atoms with Crippen LogP contribution in [-0.2, 0) is 32.3 Å². The summed E-state index contributed by atoms with van der Waals surface area (Å²) >= 11 is 0. The summed E-state index contributed by atoms with van der Waals surface area (Å²) in [6.45, 7) is 0.431. The van der Waals surface area contributed by atoms with Gasteiger partial charge >= 0.3 is 24.3 Å².